The first-order chi connectivity index (χ1) is 4.83. The van der Waals surface area contributed by atoms with Crippen LogP contribution in [0.25, 0.3) is 0 Å². The molecule has 0 bridgehead atoms. The van der Waals surface area contributed by atoms with Crippen molar-refractivity contribution in [2.45, 2.75) is 45.6 Å². The Morgan fingerprint density at radius 1 is 1.50 bits per heavy atom. The Balaban J connectivity index is 2.30. The van der Waals surface area contributed by atoms with Gasteiger partial charge in [0.25, 0.3) is 0 Å². The van der Waals surface area contributed by atoms with Gasteiger partial charge in [-0.15, -0.1) is 0 Å². The van der Waals surface area contributed by atoms with Crippen molar-refractivity contribution in [3.63, 3.8) is 0 Å². The molecule has 2 atom stereocenters. The lowest BCUT2D eigenvalue weighted by Gasteiger charge is -2.15. The molecule has 0 aromatic heterocycles. The Hall–Kier alpha value is -0.0400. The van der Waals surface area contributed by atoms with Crippen molar-refractivity contribution in [3.05, 3.63) is 0 Å². The van der Waals surface area contributed by atoms with Gasteiger partial charge in [-0.25, -0.2) is 0 Å². The van der Waals surface area contributed by atoms with Crippen LogP contribution in [-0.2, 0) is 0 Å². The fourth-order valence-corrected chi connectivity index (χ4v) is 1.75. The first-order valence-corrected chi connectivity index (χ1v) is 4.56. The zero-order valence-corrected chi connectivity index (χ0v) is 7.19. The van der Waals surface area contributed by atoms with Gasteiger partial charge in [-0.05, 0) is 38.1 Å². The Bertz CT molecular complexity index is 90.7. The monoisotopic (exact) mass is 141 g/mol. The predicted octanol–water partition coefficient (Wildman–Crippen LogP) is 2.17. The molecule has 1 rings (SSSR count). The van der Waals surface area contributed by atoms with E-state index in [1.807, 2.05) is 0 Å². The number of nitrogens with one attached hydrogen (secondary N) is 1. The summed E-state index contributed by atoms with van der Waals surface area (Å²) < 4.78 is 0. The first kappa shape index (κ1) is 8.06. The Morgan fingerprint density at radius 2 is 2.30 bits per heavy atom. The summed E-state index contributed by atoms with van der Waals surface area (Å²) in [4.78, 5) is 0. The molecule has 1 saturated heterocycles. The van der Waals surface area contributed by atoms with Gasteiger partial charge in [-0.2, -0.15) is 0 Å². The SMILES string of the molecule is CCC1CC(C)CCCN1. The van der Waals surface area contributed by atoms with E-state index in [2.05, 4.69) is 19.2 Å². The van der Waals surface area contributed by atoms with Crippen molar-refractivity contribution >= 4 is 0 Å². The smallest absolute Gasteiger partial charge is 0.00669 e. The molecule has 1 heterocycles. The van der Waals surface area contributed by atoms with Crippen molar-refractivity contribution in [1.29, 1.82) is 0 Å². The van der Waals surface area contributed by atoms with Crippen LogP contribution in [0.2, 0.25) is 0 Å². The average Bonchev–Trinajstić information content (AvgIpc) is 2.13. The third-order valence-corrected chi connectivity index (χ3v) is 2.49. The molecular weight excluding hydrogens is 122 g/mol. The van der Waals surface area contributed by atoms with E-state index in [4.69, 9.17) is 0 Å². The summed E-state index contributed by atoms with van der Waals surface area (Å²) in [6, 6.07) is 0.803. The van der Waals surface area contributed by atoms with Crippen LogP contribution in [0.3, 0.4) is 0 Å². The van der Waals surface area contributed by atoms with Gasteiger partial charge in [0, 0.05) is 6.04 Å². The highest BCUT2D eigenvalue weighted by Gasteiger charge is 2.13. The Morgan fingerprint density at radius 3 is 3.00 bits per heavy atom. The van der Waals surface area contributed by atoms with E-state index in [9.17, 15) is 0 Å². The van der Waals surface area contributed by atoms with Crippen molar-refractivity contribution in [3.8, 4) is 0 Å². The largest absolute Gasteiger partial charge is 0.314 e. The minimum atomic E-state index is 0.803. The van der Waals surface area contributed by atoms with E-state index in [0.29, 0.717) is 0 Å². The predicted molar refractivity (Wildman–Crippen MR) is 45.1 cm³/mol. The maximum absolute atomic E-state index is 3.56. The second-order valence-electron chi connectivity index (χ2n) is 3.54. The van der Waals surface area contributed by atoms with Gasteiger partial charge in [0.05, 0.1) is 0 Å². The topological polar surface area (TPSA) is 12.0 Å². The van der Waals surface area contributed by atoms with E-state index in [-0.39, 0.29) is 0 Å². The Labute approximate surface area is 64.2 Å². The lowest BCUT2D eigenvalue weighted by molar-refractivity contribution is 0.430. The van der Waals surface area contributed by atoms with Crippen LogP contribution in [0.15, 0.2) is 0 Å². The fraction of sp³-hybridized carbons (Fsp3) is 1.00. The lowest BCUT2D eigenvalue weighted by atomic mass is 9.98. The van der Waals surface area contributed by atoms with Crippen molar-refractivity contribution < 1.29 is 0 Å². The van der Waals surface area contributed by atoms with Gasteiger partial charge in [0.15, 0.2) is 0 Å². The van der Waals surface area contributed by atoms with E-state index in [0.717, 1.165) is 12.0 Å². The molecule has 0 saturated carbocycles. The maximum Gasteiger partial charge on any atom is 0.00669 e. The number of hydrogen-bond donors (Lipinski definition) is 1. The molecule has 2 unspecified atom stereocenters. The maximum atomic E-state index is 3.56. The first-order valence-electron chi connectivity index (χ1n) is 4.56. The van der Waals surface area contributed by atoms with E-state index in [1.165, 1.54) is 32.2 Å². The molecule has 1 aliphatic heterocycles. The van der Waals surface area contributed by atoms with Crippen LogP contribution in [0.5, 0.6) is 0 Å². The summed E-state index contributed by atoms with van der Waals surface area (Å²) in [5.41, 5.74) is 0. The van der Waals surface area contributed by atoms with Crippen molar-refractivity contribution in [2.24, 2.45) is 5.92 Å². The summed E-state index contributed by atoms with van der Waals surface area (Å²) in [6.07, 6.45) is 5.47. The van der Waals surface area contributed by atoms with E-state index in [1.54, 1.807) is 0 Å². The van der Waals surface area contributed by atoms with Crippen molar-refractivity contribution in [2.75, 3.05) is 6.54 Å². The fourth-order valence-electron chi connectivity index (χ4n) is 1.75. The minimum Gasteiger partial charge on any atom is -0.314 e. The molecule has 0 aliphatic carbocycles. The summed E-state index contributed by atoms with van der Waals surface area (Å²) in [6.45, 7) is 5.88. The molecule has 1 aliphatic rings. The Kier molecular flexibility index (Phi) is 3.20. The van der Waals surface area contributed by atoms with Crippen LogP contribution in [-0.4, -0.2) is 12.6 Å². The molecule has 0 aromatic rings. The average molecular weight is 141 g/mol. The van der Waals surface area contributed by atoms with Gasteiger partial charge in [0.2, 0.25) is 0 Å². The molecule has 0 amide bonds. The molecule has 60 valence electrons. The van der Waals surface area contributed by atoms with Gasteiger partial charge in [-0.1, -0.05) is 13.8 Å². The lowest BCUT2D eigenvalue weighted by Crippen LogP contribution is -2.27. The van der Waals surface area contributed by atoms with Crippen LogP contribution in [0.1, 0.15) is 39.5 Å². The molecule has 1 heteroatoms. The summed E-state index contributed by atoms with van der Waals surface area (Å²) in [7, 11) is 0. The second-order valence-corrected chi connectivity index (χ2v) is 3.54. The van der Waals surface area contributed by atoms with E-state index >= 15 is 0 Å². The number of rotatable bonds is 1. The molecule has 0 radical (unpaired) electrons. The summed E-state index contributed by atoms with van der Waals surface area (Å²) in [5.74, 6) is 0.944. The normalized spacial score (nSPS) is 35.4. The quantitative estimate of drug-likeness (QED) is 0.590. The van der Waals surface area contributed by atoms with Crippen molar-refractivity contribution in [1.82, 2.24) is 5.32 Å². The van der Waals surface area contributed by atoms with Crippen LogP contribution < -0.4 is 5.32 Å². The molecule has 1 nitrogen and oxygen atoms in total. The van der Waals surface area contributed by atoms with Gasteiger partial charge >= 0.3 is 0 Å². The van der Waals surface area contributed by atoms with Gasteiger partial charge < -0.3 is 5.32 Å². The van der Waals surface area contributed by atoms with Crippen LogP contribution in [0.4, 0.5) is 0 Å². The summed E-state index contributed by atoms with van der Waals surface area (Å²) in [5, 5.41) is 3.56. The molecule has 0 aromatic carbocycles. The molecule has 1 fully saturated rings. The van der Waals surface area contributed by atoms with E-state index < -0.39 is 0 Å². The molecule has 0 spiro atoms. The standard InChI is InChI=1S/C9H19N/c1-3-9-7-8(2)5-4-6-10-9/h8-10H,3-7H2,1-2H3. The highest BCUT2D eigenvalue weighted by Crippen LogP contribution is 2.17. The second kappa shape index (κ2) is 3.97. The summed E-state index contributed by atoms with van der Waals surface area (Å²) >= 11 is 0. The van der Waals surface area contributed by atoms with Gasteiger partial charge in [-0.3, -0.25) is 0 Å². The molecular formula is C9H19N. The highest BCUT2D eigenvalue weighted by molar-refractivity contribution is 4.72. The zero-order chi connectivity index (χ0) is 7.40. The molecule has 10 heavy (non-hydrogen) atoms. The third kappa shape index (κ3) is 2.30. The third-order valence-electron chi connectivity index (χ3n) is 2.49. The number of hydrogen-bond acceptors (Lipinski definition) is 1. The molecule has 1 N–H and O–H groups in total. The highest BCUT2D eigenvalue weighted by atomic mass is 14.9. The zero-order valence-electron chi connectivity index (χ0n) is 7.19. The van der Waals surface area contributed by atoms with Crippen LogP contribution >= 0.6 is 0 Å². The van der Waals surface area contributed by atoms with Gasteiger partial charge in [0.1, 0.15) is 0 Å². The van der Waals surface area contributed by atoms with Crippen LogP contribution in [0, 0.1) is 5.92 Å². The minimum absolute atomic E-state index is 0.803.